The number of amides is 1. The largest absolute Gasteiger partial charge is 0.484 e. The number of halogens is 1. The zero-order chi connectivity index (χ0) is 22.6. The number of nitrogens with zero attached hydrogens (tertiary/aromatic N) is 1. The van der Waals surface area contributed by atoms with Gasteiger partial charge in [-0.1, -0.05) is 30.3 Å². The van der Waals surface area contributed by atoms with Gasteiger partial charge in [-0.2, -0.15) is 8.42 Å². The number of para-hydroxylation sites is 1. The first-order valence-corrected chi connectivity index (χ1v) is 11.6. The number of carbonyl (C=O) groups excluding carboxylic acids is 1. The average molecular weight is 456 g/mol. The summed E-state index contributed by atoms with van der Waals surface area (Å²) < 4.78 is 48.8. The van der Waals surface area contributed by atoms with E-state index >= 15 is 0 Å². The van der Waals surface area contributed by atoms with E-state index in [-0.39, 0.29) is 29.2 Å². The number of hydrogen-bond acceptors (Lipinski definition) is 5. The molecule has 0 unspecified atom stereocenters. The van der Waals surface area contributed by atoms with Crippen LogP contribution in [0.5, 0.6) is 11.5 Å². The third kappa shape index (κ3) is 5.64. The Bertz CT molecular complexity index is 1180. The van der Waals surface area contributed by atoms with Crippen LogP contribution in [0.2, 0.25) is 0 Å². The van der Waals surface area contributed by atoms with E-state index < -0.39 is 15.9 Å². The Balaban J connectivity index is 1.43. The lowest BCUT2D eigenvalue weighted by molar-refractivity contribution is -0.134. The molecule has 0 bridgehead atoms. The van der Waals surface area contributed by atoms with Gasteiger partial charge in [-0.15, -0.1) is 0 Å². The maximum absolute atomic E-state index is 13.1. The second kappa shape index (κ2) is 9.40. The third-order valence-electron chi connectivity index (χ3n) is 4.97. The number of hydrogen-bond donors (Lipinski definition) is 0. The molecule has 3 aromatic rings. The molecule has 0 atom stereocenters. The highest BCUT2D eigenvalue weighted by atomic mass is 32.2. The van der Waals surface area contributed by atoms with Crippen molar-refractivity contribution in [2.24, 2.45) is 0 Å². The molecule has 32 heavy (non-hydrogen) atoms. The van der Waals surface area contributed by atoms with Crippen molar-refractivity contribution in [3.05, 3.63) is 90.2 Å². The van der Waals surface area contributed by atoms with E-state index in [0.717, 1.165) is 42.7 Å². The van der Waals surface area contributed by atoms with Gasteiger partial charge in [0.05, 0.1) is 0 Å². The van der Waals surface area contributed by atoms with E-state index in [9.17, 15) is 17.6 Å². The maximum Gasteiger partial charge on any atom is 0.339 e. The molecule has 1 aliphatic rings. The SMILES string of the molecule is O=C(COc1ccccc1)N(Cc1cccc(OS(=O)(=O)c2ccc(F)cc2)c1)C1CC1. The molecule has 0 saturated heterocycles. The minimum absolute atomic E-state index is 0.0738. The van der Waals surface area contributed by atoms with Crippen LogP contribution in [0, 0.1) is 5.82 Å². The van der Waals surface area contributed by atoms with Crippen LogP contribution in [0.4, 0.5) is 4.39 Å². The monoisotopic (exact) mass is 455 g/mol. The van der Waals surface area contributed by atoms with Crippen molar-refractivity contribution in [1.82, 2.24) is 4.90 Å². The summed E-state index contributed by atoms with van der Waals surface area (Å²) in [6, 6.07) is 20.3. The second-order valence-electron chi connectivity index (χ2n) is 7.49. The molecule has 0 heterocycles. The predicted molar refractivity (Wildman–Crippen MR) is 116 cm³/mol. The Hall–Kier alpha value is -3.39. The fourth-order valence-electron chi connectivity index (χ4n) is 3.22. The second-order valence-corrected chi connectivity index (χ2v) is 9.04. The van der Waals surface area contributed by atoms with Crippen LogP contribution in [0.25, 0.3) is 0 Å². The Kier molecular flexibility index (Phi) is 6.41. The zero-order valence-electron chi connectivity index (χ0n) is 17.2. The van der Waals surface area contributed by atoms with Crippen molar-refractivity contribution in [2.75, 3.05) is 6.61 Å². The Labute approximate surface area is 186 Å². The topological polar surface area (TPSA) is 72.9 Å². The first-order valence-electron chi connectivity index (χ1n) is 10.2. The van der Waals surface area contributed by atoms with Gasteiger partial charge in [-0.25, -0.2) is 4.39 Å². The lowest BCUT2D eigenvalue weighted by atomic mass is 10.2. The van der Waals surface area contributed by atoms with Crippen LogP contribution in [0.15, 0.2) is 83.8 Å². The molecule has 3 aromatic carbocycles. The smallest absolute Gasteiger partial charge is 0.339 e. The summed E-state index contributed by atoms with van der Waals surface area (Å²) in [7, 11) is -4.10. The first kappa shape index (κ1) is 21.8. The fraction of sp³-hybridized carbons (Fsp3) is 0.208. The molecule has 1 fully saturated rings. The maximum atomic E-state index is 13.1. The van der Waals surface area contributed by atoms with Gasteiger partial charge in [0.15, 0.2) is 6.61 Å². The Morgan fingerprint density at radius 1 is 0.938 bits per heavy atom. The average Bonchev–Trinajstić information content (AvgIpc) is 3.62. The molecular weight excluding hydrogens is 433 g/mol. The summed E-state index contributed by atoms with van der Waals surface area (Å²) in [5.74, 6) is 0.0715. The Morgan fingerprint density at radius 3 is 2.31 bits per heavy atom. The molecule has 1 aliphatic carbocycles. The van der Waals surface area contributed by atoms with Gasteiger partial charge in [-0.05, 0) is 66.9 Å². The minimum Gasteiger partial charge on any atom is -0.484 e. The highest BCUT2D eigenvalue weighted by molar-refractivity contribution is 7.87. The summed E-state index contributed by atoms with van der Waals surface area (Å²) in [5.41, 5.74) is 0.733. The van der Waals surface area contributed by atoms with E-state index in [1.54, 1.807) is 35.2 Å². The van der Waals surface area contributed by atoms with E-state index in [4.69, 9.17) is 8.92 Å². The minimum atomic E-state index is -4.10. The van der Waals surface area contributed by atoms with Crippen molar-refractivity contribution >= 4 is 16.0 Å². The molecule has 0 spiro atoms. The molecule has 4 rings (SSSR count). The van der Waals surface area contributed by atoms with Gasteiger partial charge in [0, 0.05) is 12.6 Å². The van der Waals surface area contributed by atoms with Crippen molar-refractivity contribution in [3.63, 3.8) is 0 Å². The van der Waals surface area contributed by atoms with Gasteiger partial charge in [0.1, 0.15) is 22.2 Å². The summed E-state index contributed by atoms with van der Waals surface area (Å²) in [6.45, 7) is 0.241. The zero-order valence-corrected chi connectivity index (χ0v) is 18.0. The van der Waals surface area contributed by atoms with Crippen molar-refractivity contribution in [1.29, 1.82) is 0 Å². The van der Waals surface area contributed by atoms with Gasteiger partial charge in [0.25, 0.3) is 5.91 Å². The third-order valence-corrected chi connectivity index (χ3v) is 6.23. The highest BCUT2D eigenvalue weighted by Crippen LogP contribution is 2.29. The highest BCUT2D eigenvalue weighted by Gasteiger charge is 2.32. The van der Waals surface area contributed by atoms with Crippen LogP contribution in [-0.4, -0.2) is 31.9 Å². The van der Waals surface area contributed by atoms with Crippen LogP contribution >= 0.6 is 0 Å². The van der Waals surface area contributed by atoms with Gasteiger partial charge in [0.2, 0.25) is 0 Å². The lowest BCUT2D eigenvalue weighted by Crippen LogP contribution is -2.36. The van der Waals surface area contributed by atoms with Crippen molar-refractivity contribution in [2.45, 2.75) is 30.3 Å². The molecule has 0 aliphatic heterocycles. The summed E-state index contributed by atoms with van der Waals surface area (Å²) >= 11 is 0. The first-order chi connectivity index (χ1) is 15.4. The molecular formula is C24H22FNO5S. The number of benzene rings is 3. The van der Waals surface area contributed by atoms with Crippen LogP contribution < -0.4 is 8.92 Å². The molecule has 6 nitrogen and oxygen atoms in total. The van der Waals surface area contributed by atoms with E-state index in [2.05, 4.69) is 0 Å². The Morgan fingerprint density at radius 2 is 1.62 bits per heavy atom. The number of carbonyl (C=O) groups is 1. The van der Waals surface area contributed by atoms with E-state index in [0.29, 0.717) is 12.3 Å². The molecule has 1 saturated carbocycles. The van der Waals surface area contributed by atoms with Crippen molar-refractivity contribution in [3.8, 4) is 11.5 Å². The van der Waals surface area contributed by atoms with Crippen LogP contribution in [-0.2, 0) is 21.5 Å². The van der Waals surface area contributed by atoms with E-state index in [1.807, 2.05) is 18.2 Å². The predicted octanol–water partition coefficient (Wildman–Crippen LogP) is 4.16. The molecule has 0 aromatic heterocycles. The molecule has 0 N–H and O–H groups in total. The normalized spacial score (nSPS) is 13.4. The standard InChI is InChI=1S/C24H22FNO5S/c25-19-9-13-23(14-10-19)32(28,29)31-22-8-4-5-18(15-22)16-26(20-11-12-20)24(27)17-30-21-6-2-1-3-7-21/h1-10,13-15,20H,11-12,16-17H2. The van der Waals surface area contributed by atoms with Crippen LogP contribution in [0.1, 0.15) is 18.4 Å². The fourth-order valence-corrected chi connectivity index (χ4v) is 4.14. The quantitative estimate of drug-likeness (QED) is 0.453. The lowest BCUT2D eigenvalue weighted by Gasteiger charge is -2.23. The van der Waals surface area contributed by atoms with Gasteiger partial charge < -0.3 is 13.8 Å². The summed E-state index contributed by atoms with van der Waals surface area (Å²) in [6.07, 6.45) is 1.85. The van der Waals surface area contributed by atoms with Gasteiger partial charge >= 0.3 is 10.1 Å². The summed E-state index contributed by atoms with van der Waals surface area (Å²) in [4.78, 5) is 14.4. The van der Waals surface area contributed by atoms with Crippen molar-refractivity contribution < 1.29 is 26.5 Å². The van der Waals surface area contributed by atoms with Gasteiger partial charge in [-0.3, -0.25) is 4.79 Å². The number of rotatable bonds is 9. The summed E-state index contributed by atoms with van der Waals surface area (Å²) in [5, 5.41) is 0. The van der Waals surface area contributed by atoms with E-state index in [1.165, 1.54) is 6.07 Å². The van der Waals surface area contributed by atoms with Crippen LogP contribution in [0.3, 0.4) is 0 Å². The molecule has 0 radical (unpaired) electrons. The molecule has 166 valence electrons. The molecule has 8 heteroatoms. The molecule has 1 amide bonds. The number of ether oxygens (including phenoxy) is 1.